The largest absolute Gasteiger partial charge is 0.387 e. The Kier molecular flexibility index (Phi) is 3.32. The molecule has 1 fully saturated rings. The van der Waals surface area contributed by atoms with Gasteiger partial charge in [-0.3, -0.25) is 4.79 Å². The number of aliphatic hydroxyl groups is 1. The van der Waals surface area contributed by atoms with Crippen molar-refractivity contribution in [1.29, 1.82) is 0 Å². The summed E-state index contributed by atoms with van der Waals surface area (Å²) in [5.74, 6) is -0.0249. The minimum Gasteiger partial charge on any atom is -0.387 e. The maximum atomic E-state index is 12.5. The first kappa shape index (κ1) is 13.6. The molecule has 6 heteroatoms. The van der Waals surface area contributed by atoms with Crippen LogP contribution < -0.4 is 0 Å². The predicted molar refractivity (Wildman–Crippen MR) is 80.2 cm³/mol. The highest BCUT2D eigenvalue weighted by Gasteiger charge is 2.39. The van der Waals surface area contributed by atoms with Crippen LogP contribution in [0.25, 0.3) is 10.2 Å². The second-order valence-corrected chi connectivity index (χ2v) is 6.77. The molecule has 1 aliphatic rings. The van der Waals surface area contributed by atoms with E-state index in [0.29, 0.717) is 31.7 Å². The SMILES string of the molecule is CN(C)C[C@]1(O)CCN(C(=O)c2cc3sccc3[nH]2)C1. The molecule has 1 amide bonds. The molecule has 0 bridgehead atoms. The third kappa shape index (κ3) is 2.46. The normalized spacial score (nSPS) is 23.1. The summed E-state index contributed by atoms with van der Waals surface area (Å²) in [7, 11) is 3.86. The number of aromatic amines is 1. The molecule has 2 N–H and O–H groups in total. The van der Waals surface area contributed by atoms with E-state index in [4.69, 9.17) is 0 Å². The Morgan fingerprint density at radius 1 is 1.60 bits per heavy atom. The summed E-state index contributed by atoms with van der Waals surface area (Å²) in [5, 5.41) is 12.5. The van der Waals surface area contributed by atoms with Crippen molar-refractivity contribution in [3.05, 3.63) is 23.2 Å². The molecule has 0 spiro atoms. The molecular weight excluding hydrogens is 274 g/mol. The van der Waals surface area contributed by atoms with Crippen LogP contribution in [0.4, 0.5) is 0 Å². The summed E-state index contributed by atoms with van der Waals surface area (Å²) in [5.41, 5.74) is 0.824. The van der Waals surface area contributed by atoms with E-state index in [2.05, 4.69) is 4.98 Å². The van der Waals surface area contributed by atoms with Crippen LogP contribution in [0.5, 0.6) is 0 Å². The van der Waals surface area contributed by atoms with E-state index in [-0.39, 0.29) is 5.91 Å². The van der Waals surface area contributed by atoms with Crippen molar-refractivity contribution in [1.82, 2.24) is 14.8 Å². The first-order chi connectivity index (χ1) is 9.47. The van der Waals surface area contributed by atoms with Gasteiger partial charge in [0.15, 0.2) is 0 Å². The number of likely N-dealkylation sites (N-methyl/N-ethyl adjacent to an activating group) is 1. The Balaban J connectivity index is 1.74. The number of H-pyrrole nitrogens is 1. The lowest BCUT2D eigenvalue weighted by molar-refractivity contribution is 0.0235. The highest BCUT2D eigenvalue weighted by Crippen LogP contribution is 2.26. The molecule has 0 radical (unpaired) electrons. The van der Waals surface area contributed by atoms with Gasteiger partial charge in [-0.05, 0) is 38.0 Å². The highest BCUT2D eigenvalue weighted by atomic mass is 32.1. The number of hydrogen-bond donors (Lipinski definition) is 2. The molecule has 0 aromatic carbocycles. The number of aromatic nitrogens is 1. The first-order valence-corrected chi connectivity index (χ1v) is 7.57. The maximum Gasteiger partial charge on any atom is 0.270 e. The number of amides is 1. The van der Waals surface area contributed by atoms with Crippen molar-refractivity contribution >= 4 is 27.5 Å². The third-order valence-electron chi connectivity index (χ3n) is 3.70. The number of nitrogens with one attached hydrogen (secondary N) is 1. The zero-order valence-corrected chi connectivity index (χ0v) is 12.5. The number of nitrogens with zero attached hydrogens (tertiary/aromatic N) is 2. The fourth-order valence-corrected chi connectivity index (χ4v) is 3.66. The number of β-amino-alcohol motifs (C(OH)–C–C–N with tert-alkyl or cyclic N) is 1. The van der Waals surface area contributed by atoms with Crippen molar-refractivity contribution in [2.24, 2.45) is 0 Å². The number of carbonyl (C=O) groups is 1. The molecule has 2 aromatic heterocycles. The predicted octanol–water partition coefficient (Wildman–Crippen LogP) is 1.37. The molecule has 3 heterocycles. The first-order valence-electron chi connectivity index (χ1n) is 6.69. The molecule has 5 nitrogen and oxygen atoms in total. The molecular formula is C14H19N3O2S. The van der Waals surface area contributed by atoms with Crippen molar-refractivity contribution < 1.29 is 9.90 Å². The van der Waals surface area contributed by atoms with E-state index >= 15 is 0 Å². The van der Waals surface area contributed by atoms with Crippen LogP contribution >= 0.6 is 11.3 Å². The minimum atomic E-state index is -0.789. The summed E-state index contributed by atoms with van der Waals surface area (Å²) in [6.07, 6.45) is 0.631. The number of carbonyl (C=O) groups excluding carboxylic acids is 1. The molecule has 1 atom stereocenters. The van der Waals surface area contributed by atoms with Crippen LogP contribution in [-0.2, 0) is 0 Å². The van der Waals surface area contributed by atoms with Gasteiger partial charge < -0.3 is 19.9 Å². The van der Waals surface area contributed by atoms with Gasteiger partial charge in [-0.15, -0.1) is 11.3 Å². The second-order valence-electron chi connectivity index (χ2n) is 5.82. The van der Waals surface area contributed by atoms with Gasteiger partial charge in [0, 0.05) is 13.1 Å². The van der Waals surface area contributed by atoms with Gasteiger partial charge >= 0.3 is 0 Å². The molecule has 108 valence electrons. The van der Waals surface area contributed by atoms with Gasteiger partial charge in [-0.25, -0.2) is 0 Å². The van der Waals surface area contributed by atoms with E-state index in [0.717, 1.165) is 10.2 Å². The summed E-state index contributed by atoms with van der Waals surface area (Å²) in [6, 6.07) is 3.87. The van der Waals surface area contributed by atoms with Crippen LogP contribution in [0.2, 0.25) is 0 Å². The Bertz CT molecular complexity index is 605. The van der Waals surface area contributed by atoms with Crippen molar-refractivity contribution in [2.45, 2.75) is 12.0 Å². The van der Waals surface area contributed by atoms with Gasteiger partial charge in [-0.2, -0.15) is 0 Å². The average molecular weight is 293 g/mol. The topological polar surface area (TPSA) is 59.6 Å². The Morgan fingerprint density at radius 2 is 2.40 bits per heavy atom. The lowest BCUT2D eigenvalue weighted by atomic mass is 10.0. The summed E-state index contributed by atoms with van der Waals surface area (Å²) in [6.45, 7) is 1.59. The van der Waals surface area contributed by atoms with Gasteiger partial charge in [-0.1, -0.05) is 0 Å². The molecule has 0 aliphatic carbocycles. The lowest BCUT2D eigenvalue weighted by Gasteiger charge is -2.26. The molecule has 20 heavy (non-hydrogen) atoms. The van der Waals surface area contributed by atoms with Crippen LogP contribution in [-0.4, -0.2) is 65.1 Å². The standard InChI is InChI=1S/C14H19N3O2S/c1-16(2)8-14(19)4-5-17(9-14)13(18)11-7-12-10(15-11)3-6-20-12/h3,6-7,15,19H,4-5,8-9H2,1-2H3/t14-/m1/s1. The highest BCUT2D eigenvalue weighted by molar-refractivity contribution is 7.17. The Morgan fingerprint density at radius 3 is 3.10 bits per heavy atom. The van der Waals surface area contributed by atoms with Crippen molar-refractivity contribution in [2.75, 3.05) is 33.7 Å². The maximum absolute atomic E-state index is 12.5. The number of fused-ring (bicyclic) bond motifs is 1. The average Bonchev–Trinajstić information content (AvgIpc) is 3.00. The number of hydrogen-bond acceptors (Lipinski definition) is 4. The van der Waals surface area contributed by atoms with Crippen LogP contribution in [0.15, 0.2) is 17.5 Å². The van der Waals surface area contributed by atoms with E-state index in [1.54, 1.807) is 16.2 Å². The molecule has 1 aliphatic heterocycles. The van der Waals surface area contributed by atoms with Crippen molar-refractivity contribution in [3.63, 3.8) is 0 Å². The van der Waals surface area contributed by atoms with E-state index in [9.17, 15) is 9.90 Å². The summed E-state index contributed by atoms with van der Waals surface area (Å²) >= 11 is 1.62. The second kappa shape index (κ2) is 4.87. The fourth-order valence-electron chi connectivity index (χ4n) is 2.88. The molecule has 0 saturated carbocycles. The van der Waals surface area contributed by atoms with Crippen LogP contribution in [0.1, 0.15) is 16.9 Å². The number of thiophene rings is 1. The molecule has 0 unspecified atom stereocenters. The lowest BCUT2D eigenvalue weighted by Crippen LogP contribution is -2.43. The van der Waals surface area contributed by atoms with Gasteiger partial charge in [0.05, 0.1) is 22.4 Å². The van der Waals surface area contributed by atoms with Crippen LogP contribution in [0.3, 0.4) is 0 Å². The quantitative estimate of drug-likeness (QED) is 0.898. The minimum absolute atomic E-state index is 0.0249. The van der Waals surface area contributed by atoms with Gasteiger partial charge in [0.2, 0.25) is 0 Å². The van der Waals surface area contributed by atoms with Gasteiger partial charge in [0.25, 0.3) is 5.91 Å². The smallest absolute Gasteiger partial charge is 0.270 e. The fraction of sp³-hybridized carbons (Fsp3) is 0.500. The summed E-state index contributed by atoms with van der Waals surface area (Å²) < 4.78 is 1.09. The zero-order valence-electron chi connectivity index (χ0n) is 11.7. The third-order valence-corrected chi connectivity index (χ3v) is 4.56. The van der Waals surface area contributed by atoms with E-state index in [1.807, 2.05) is 36.5 Å². The van der Waals surface area contributed by atoms with Crippen LogP contribution in [0, 0.1) is 0 Å². The molecule has 1 saturated heterocycles. The Labute approximate surface area is 121 Å². The summed E-state index contributed by atoms with van der Waals surface area (Å²) in [4.78, 5) is 19.3. The Hall–Kier alpha value is -1.37. The number of likely N-dealkylation sites (tertiary alicyclic amines) is 1. The zero-order chi connectivity index (χ0) is 14.3. The van der Waals surface area contributed by atoms with E-state index in [1.165, 1.54) is 0 Å². The monoisotopic (exact) mass is 293 g/mol. The van der Waals surface area contributed by atoms with Gasteiger partial charge in [0.1, 0.15) is 5.69 Å². The van der Waals surface area contributed by atoms with Crippen molar-refractivity contribution in [3.8, 4) is 0 Å². The molecule has 2 aromatic rings. The number of rotatable bonds is 3. The molecule has 3 rings (SSSR count). The van der Waals surface area contributed by atoms with E-state index < -0.39 is 5.60 Å².